The molecule has 8 heteroatoms. The first kappa shape index (κ1) is 20.1. The summed E-state index contributed by atoms with van der Waals surface area (Å²) in [5, 5.41) is 15.8. The van der Waals surface area contributed by atoms with E-state index in [0.29, 0.717) is 6.54 Å². The molecule has 0 saturated carbocycles. The number of ether oxygens (including phenoxy) is 1. The number of aromatic nitrogens is 4. The number of hydrogen-bond acceptors (Lipinski definition) is 6. The van der Waals surface area contributed by atoms with Crippen molar-refractivity contribution in [3.05, 3.63) is 47.8 Å². The van der Waals surface area contributed by atoms with Crippen molar-refractivity contribution in [2.24, 2.45) is 5.92 Å². The van der Waals surface area contributed by atoms with Crippen molar-refractivity contribution in [2.45, 2.75) is 46.3 Å². The van der Waals surface area contributed by atoms with Gasteiger partial charge < -0.3 is 15.0 Å². The molecular weight excluding hydrogens is 380 g/mol. The van der Waals surface area contributed by atoms with Gasteiger partial charge in [-0.25, -0.2) is 0 Å². The summed E-state index contributed by atoms with van der Waals surface area (Å²) in [6.07, 6.45) is 1.78. The largest absolute Gasteiger partial charge is 0.491 e. The maximum absolute atomic E-state index is 12.6. The number of amides is 1. The lowest BCUT2D eigenvalue weighted by Crippen LogP contribution is -2.40. The Labute approximate surface area is 176 Å². The Bertz CT molecular complexity index is 1010. The molecule has 158 valence electrons. The fraction of sp³-hybridized carbons (Fsp3) is 0.455. The average molecular weight is 409 g/mol. The zero-order valence-corrected chi connectivity index (χ0v) is 17.7. The summed E-state index contributed by atoms with van der Waals surface area (Å²) in [7, 11) is 0. The summed E-state index contributed by atoms with van der Waals surface area (Å²) in [4.78, 5) is 14.8. The number of nitrogens with zero attached hydrogens (tertiary/aromatic N) is 5. The number of piperidine rings is 1. The predicted molar refractivity (Wildman–Crippen MR) is 115 cm³/mol. The van der Waals surface area contributed by atoms with Crippen LogP contribution in [0, 0.1) is 12.8 Å². The summed E-state index contributed by atoms with van der Waals surface area (Å²) in [5.74, 6) is 2.67. The minimum absolute atomic E-state index is 0.0326. The highest BCUT2D eigenvalue weighted by molar-refractivity contribution is 5.79. The summed E-state index contributed by atoms with van der Waals surface area (Å²) < 4.78 is 7.41. The molecule has 1 amide bonds. The SMILES string of the molecule is Cc1nnc2ccc(N3CCC(C(=O)NCc4ccc(OC(C)C)cc4)CC3)nn12. The summed E-state index contributed by atoms with van der Waals surface area (Å²) in [5.41, 5.74) is 1.81. The molecule has 3 heterocycles. The van der Waals surface area contributed by atoms with E-state index in [4.69, 9.17) is 4.74 Å². The van der Waals surface area contributed by atoms with Crippen molar-refractivity contribution in [2.75, 3.05) is 18.0 Å². The van der Waals surface area contributed by atoms with Gasteiger partial charge in [-0.1, -0.05) is 12.1 Å². The molecule has 0 unspecified atom stereocenters. The molecule has 1 aliphatic rings. The Morgan fingerprint density at radius 2 is 1.87 bits per heavy atom. The first-order valence-electron chi connectivity index (χ1n) is 10.5. The number of anilines is 1. The number of aryl methyl sites for hydroxylation is 1. The minimum Gasteiger partial charge on any atom is -0.491 e. The second-order valence-electron chi connectivity index (χ2n) is 8.00. The highest BCUT2D eigenvalue weighted by atomic mass is 16.5. The van der Waals surface area contributed by atoms with Crippen LogP contribution in [0.1, 0.15) is 38.1 Å². The van der Waals surface area contributed by atoms with Crippen LogP contribution in [0.5, 0.6) is 5.75 Å². The fourth-order valence-corrected chi connectivity index (χ4v) is 3.72. The van der Waals surface area contributed by atoms with Crippen LogP contribution in [-0.4, -0.2) is 44.9 Å². The number of hydrogen-bond donors (Lipinski definition) is 1. The van der Waals surface area contributed by atoms with Gasteiger partial charge in [0.2, 0.25) is 5.91 Å². The van der Waals surface area contributed by atoms with Crippen molar-refractivity contribution in [3.63, 3.8) is 0 Å². The molecule has 1 fully saturated rings. The van der Waals surface area contributed by atoms with E-state index in [0.717, 1.165) is 54.5 Å². The number of carbonyl (C=O) groups is 1. The molecule has 0 radical (unpaired) electrons. The Kier molecular flexibility index (Phi) is 5.83. The van der Waals surface area contributed by atoms with Gasteiger partial charge >= 0.3 is 0 Å². The van der Waals surface area contributed by atoms with E-state index >= 15 is 0 Å². The van der Waals surface area contributed by atoms with Crippen molar-refractivity contribution < 1.29 is 9.53 Å². The first-order chi connectivity index (χ1) is 14.5. The van der Waals surface area contributed by atoms with Gasteiger partial charge in [0.1, 0.15) is 11.6 Å². The van der Waals surface area contributed by atoms with E-state index in [1.807, 2.05) is 57.2 Å². The van der Waals surface area contributed by atoms with Crippen molar-refractivity contribution in [1.29, 1.82) is 0 Å². The highest BCUT2D eigenvalue weighted by Gasteiger charge is 2.25. The second-order valence-corrected chi connectivity index (χ2v) is 8.00. The number of nitrogens with one attached hydrogen (secondary N) is 1. The lowest BCUT2D eigenvalue weighted by molar-refractivity contribution is -0.125. The topological polar surface area (TPSA) is 84.7 Å². The van der Waals surface area contributed by atoms with Gasteiger partial charge in [0.25, 0.3) is 0 Å². The third-order valence-electron chi connectivity index (χ3n) is 5.36. The lowest BCUT2D eigenvalue weighted by atomic mass is 9.96. The minimum atomic E-state index is 0.0326. The second kappa shape index (κ2) is 8.69. The molecule has 0 bridgehead atoms. The van der Waals surface area contributed by atoms with Gasteiger partial charge in [0.05, 0.1) is 6.10 Å². The summed E-state index contributed by atoms with van der Waals surface area (Å²) >= 11 is 0. The van der Waals surface area contributed by atoms with E-state index in [-0.39, 0.29) is 17.9 Å². The van der Waals surface area contributed by atoms with E-state index in [1.54, 1.807) is 4.52 Å². The zero-order chi connectivity index (χ0) is 21.1. The molecule has 0 atom stereocenters. The monoisotopic (exact) mass is 408 g/mol. The van der Waals surface area contributed by atoms with Crippen LogP contribution < -0.4 is 15.0 Å². The molecule has 2 aromatic heterocycles. The van der Waals surface area contributed by atoms with Crippen LogP contribution in [0.25, 0.3) is 5.65 Å². The first-order valence-corrected chi connectivity index (χ1v) is 10.5. The molecule has 4 rings (SSSR count). The third kappa shape index (κ3) is 4.53. The van der Waals surface area contributed by atoms with E-state index in [1.165, 1.54) is 0 Å². The molecular formula is C22H28N6O2. The Morgan fingerprint density at radius 3 is 2.57 bits per heavy atom. The van der Waals surface area contributed by atoms with Crippen LogP contribution in [0.4, 0.5) is 5.82 Å². The Balaban J connectivity index is 1.28. The van der Waals surface area contributed by atoms with Gasteiger partial charge in [0, 0.05) is 25.6 Å². The van der Waals surface area contributed by atoms with Crippen LogP contribution >= 0.6 is 0 Å². The van der Waals surface area contributed by atoms with Crippen LogP contribution in [0.15, 0.2) is 36.4 Å². The molecule has 1 saturated heterocycles. The quantitative estimate of drug-likeness (QED) is 0.675. The van der Waals surface area contributed by atoms with Gasteiger partial charge in [-0.2, -0.15) is 4.52 Å². The van der Waals surface area contributed by atoms with Gasteiger partial charge in [-0.3, -0.25) is 4.79 Å². The van der Waals surface area contributed by atoms with Crippen molar-refractivity contribution in [1.82, 2.24) is 25.1 Å². The predicted octanol–water partition coefficient (Wildman–Crippen LogP) is 2.75. The number of rotatable bonds is 6. The molecule has 1 N–H and O–H groups in total. The number of fused-ring (bicyclic) bond motifs is 1. The third-order valence-corrected chi connectivity index (χ3v) is 5.36. The smallest absolute Gasteiger partial charge is 0.223 e. The highest BCUT2D eigenvalue weighted by Crippen LogP contribution is 2.22. The van der Waals surface area contributed by atoms with Crippen molar-refractivity contribution >= 4 is 17.4 Å². The number of benzene rings is 1. The van der Waals surface area contributed by atoms with E-state index < -0.39 is 0 Å². The maximum Gasteiger partial charge on any atom is 0.223 e. The molecule has 8 nitrogen and oxygen atoms in total. The lowest BCUT2D eigenvalue weighted by Gasteiger charge is -2.32. The number of carbonyl (C=O) groups excluding carboxylic acids is 1. The molecule has 0 spiro atoms. The normalized spacial score (nSPS) is 15.0. The summed E-state index contributed by atoms with van der Waals surface area (Å²) in [6, 6.07) is 11.8. The molecule has 1 aromatic carbocycles. The zero-order valence-electron chi connectivity index (χ0n) is 17.7. The maximum atomic E-state index is 12.6. The molecule has 1 aliphatic heterocycles. The van der Waals surface area contributed by atoms with E-state index in [9.17, 15) is 4.79 Å². The summed E-state index contributed by atoms with van der Waals surface area (Å²) in [6.45, 7) is 8.04. The van der Waals surface area contributed by atoms with Crippen molar-refractivity contribution in [3.8, 4) is 5.75 Å². The van der Waals surface area contributed by atoms with Gasteiger partial charge in [0.15, 0.2) is 11.5 Å². The van der Waals surface area contributed by atoms with Crippen LogP contribution in [-0.2, 0) is 11.3 Å². The molecule has 30 heavy (non-hydrogen) atoms. The fourth-order valence-electron chi connectivity index (χ4n) is 3.72. The Morgan fingerprint density at radius 1 is 1.13 bits per heavy atom. The van der Waals surface area contributed by atoms with Gasteiger partial charge in [-0.15, -0.1) is 15.3 Å². The van der Waals surface area contributed by atoms with Crippen LogP contribution in [0.2, 0.25) is 0 Å². The standard InChI is InChI=1S/C22H28N6O2/c1-15(2)30-19-6-4-17(5-7-19)14-23-22(29)18-10-12-27(13-11-18)21-9-8-20-25-24-16(3)28(20)26-21/h4-9,15,18H,10-14H2,1-3H3,(H,23,29). The molecule has 3 aromatic rings. The molecule has 0 aliphatic carbocycles. The average Bonchev–Trinajstić information content (AvgIpc) is 3.13. The Hall–Kier alpha value is -3.16. The van der Waals surface area contributed by atoms with Gasteiger partial charge in [-0.05, 0) is 63.4 Å². The van der Waals surface area contributed by atoms with Crippen LogP contribution in [0.3, 0.4) is 0 Å². The van der Waals surface area contributed by atoms with E-state index in [2.05, 4.69) is 25.5 Å².